The summed E-state index contributed by atoms with van der Waals surface area (Å²) in [6, 6.07) is 0. The summed E-state index contributed by atoms with van der Waals surface area (Å²) in [5, 5.41) is 11.5. The zero-order valence-electron chi connectivity index (χ0n) is 10.4. The van der Waals surface area contributed by atoms with Crippen molar-refractivity contribution in [1.82, 2.24) is 25.0 Å². The van der Waals surface area contributed by atoms with Crippen LogP contribution in [0.4, 0.5) is 0 Å². The molecule has 2 heterocycles. The first kappa shape index (κ1) is 10.9. The highest BCUT2D eigenvalue weighted by atomic mass is 15.3. The molecule has 1 N–H and O–H groups in total. The van der Waals surface area contributed by atoms with Crippen molar-refractivity contribution in [2.45, 2.75) is 33.1 Å². The normalized spacial score (nSPS) is 12.1. The van der Waals surface area contributed by atoms with Crippen molar-refractivity contribution in [2.75, 3.05) is 0 Å². The number of aromatic nitrogens is 5. The van der Waals surface area contributed by atoms with Crippen molar-refractivity contribution >= 4 is 0 Å². The maximum Gasteiger partial charge on any atom is 0.184 e. The molecule has 2 aromatic rings. The summed E-state index contributed by atoms with van der Waals surface area (Å²) in [6.45, 7) is 8.27. The average Bonchev–Trinajstić information content (AvgIpc) is 2.70. The maximum atomic E-state index is 4.51. The van der Waals surface area contributed by atoms with E-state index in [0.717, 1.165) is 22.9 Å². The predicted molar refractivity (Wildman–Crippen MR) is 62.0 cm³/mol. The lowest BCUT2D eigenvalue weighted by Gasteiger charge is -2.12. The molecule has 0 atom stereocenters. The number of H-pyrrole nitrogens is 1. The molecule has 0 spiro atoms. The molecule has 2 aromatic heterocycles. The zero-order chi connectivity index (χ0) is 11.9. The summed E-state index contributed by atoms with van der Waals surface area (Å²) in [7, 11) is 1.90. The van der Waals surface area contributed by atoms with E-state index >= 15 is 0 Å². The topological polar surface area (TPSA) is 59.4 Å². The van der Waals surface area contributed by atoms with Crippen molar-refractivity contribution < 1.29 is 0 Å². The molecule has 0 aliphatic rings. The third kappa shape index (κ3) is 1.85. The fraction of sp³-hybridized carbons (Fsp3) is 0.545. The van der Waals surface area contributed by atoms with Crippen molar-refractivity contribution in [2.24, 2.45) is 7.05 Å². The third-order valence-electron chi connectivity index (χ3n) is 2.45. The maximum absolute atomic E-state index is 4.51. The van der Waals surface area contributed by atoms with E-state index in [2.05, 4.69) is 41.1 Å². The molecule has 0 aliphatic carbocycles. The molecule has 5 heteroatoms. The van der Waals surface area contributed by atoms with Gasteiger partial charge in [0.2, 0.25) is 0 Å². The summed E-state index contributed by atoms with van der Waals surface area (Å²) in [4.78, 5) is 4.51. The highest BCUT2D eigenvalue weighted by Gasteiger charge is 2.20. The Morgan fingerprint density at radius 1 is 1.31 bits per heavy atom. The van der Waals surface area contributed by atoms with Crippen molar-refractivity contribution in [1.29, 1.82) is 0 Å². The molecule has 0 saturated heterocycles. The van der Waals surface area contributed by atoms with Crippen LogP contribution < -0.4 is 0 Å². The second kappa shape index (κ2) is 3.43. The number of rotatable bonds is 1. The molecular formula is C11H17N5. The standard InChI is InChI=1S/C11H17N5/c1-7-8(6-16(5)15-7)9-12-10(14-13-9)11(2,3)4/h6H,1-5H3,(H,12,13,14). The van der Waals surface area contributed by atoms with Crippen LogP contribution in [0.2, 0.25) is 0 Å². The minimum atomic E-state index is -0.0125. The van der Waals surface area contributed by atoms with Crippen molar-refractivity contribution in [3.8, 4) is 11.4 Å². The molecule has 0 bridgehead atoms. The lowest BCUT2D eigenvalue weighted by atomic mass is 9.96. The molecule has 0 saturated carbocycles. The Morgan fingerprint density at radius 3 is 2.44 bits per heavy atom. The van der Waals surface area contributed by atoms with Crippen LogP contribution in [-0.2, 0) is 12.5 Å². The van der Waals surface area contributed by atoms with E-state index in [-0.39, 0.29) is 5.41 Å². The van der Waals surface area contributed by atoms with E-state index in [9.17, 15) is 0 Å². The van der Waals surface area contributed by atoms with Gasteiger partial charge in [0.25, 0.3) is 0 Å². The Balaban J connectivity index is 2.43. The zero-order valence-corrected chi connectivity index (χ0v) is 10.4. The molecule has 0 amide bonds. The predicted octanol–water partition coefficient (Wildman–Crippen LogP) is 1.81. The Labute approximate surface area is 94.9 Å². The van der Waals surface area contributed by atoms with Gasteiger partial charge >= 0.3 is 0 Å². The van der Waals surface area contributed by atoms with Crippen LogP contribution >= 0.6 is 0 Å². The summed E-state index contributed by atoms with van der Waals surface area (Å²) in [5.74, 6) is 1.61. The van der Waals surface area contributed by atoms with Gasteiger partial charge in [0.15, 0.2) is 5.82 Å². The number of nitrogens with one attached hydrogen (secondary N) is 1. The van der Waals surface area contributed by atoms with Gasteiger partial charge in [0, 0.05) is 18.7 Å². The van der Waals surface area contributed by atoms with E-state index in [1.54, 1.807) is 4.68 Å². The lowest BCUT2D eigenvalue weighted by molar-refractivity contribution is 0.548. The van der Waals surface area contributed by atoms with Crippen LogP contribution in [0.1, 0.15) is 32.3 Å². The van der Waals surface area contributed by atoms with Gasteiger partial charge in [0.05, 0.1) is 11.3 Å². The van der Waals surface area contributed by atoms with Gasteiger partial charge in [-0.25, -0.2) is 4.98 Å². The molecule has 5 nitrogen and oxygen atoms in total. The molecule has 0 fully saturated rings. The molecule has 86 valence electrons. The highest BCUT2D eigenvalue weighted by Crippen LogP contribution is 2.22. The van der Waals surface area contributed by atoms with Gasteiger partial charge < -0.3 is 0 Å². The number of aromatic amines is 1. The molecule has 0 unspecified atom stereocenters. The van der Waals surface area contributed by atoms with Gasteiger partial charge in [-0.15, -0.1) is 0 Å². The van der Waals surface area contributed by atoms with Gasteiger partial charge in [-0.3, -0.25) is 9.78 Å². The Bertz CT molecular complexity index is 501. The summed E-state index contributed by atoms with van der Waals surface area (Å²) < 4.78 is 1.78. The second-order valence-electron chi connectivity index (χ2n) is 5.06. The van der Waals surface area contributed by atoms with E-state index in [1.165, 1.54) is 0 Å². The second-order valence-corrected chi connectivity index (χ2v) is 5.06. The van der Waals surface area contributed by atoms with Crippen LogP contribution in [0.5, 0.6) is 0 Å². The molecule has 2 rings (SSSR count). The number of aryl methyl sites for hydroxylation is 2. The average molecular weight is 219 g/mol. The number of hydrogen-bond donors (Lipinski definition) is 1. The monoisotopic (exact) mass is 219 g/mol. The summed E-state index contributed by atoms with van der Waals surface area (Å²) in [6.07, 6.45) is 1.94. The van der Waals surface area contributed by atoms with Gasteiger partial charge in [-0.05, 0) is 6.92 Å². The largest absolute Gasteiger partial charge is 0.275 e. The van der Waals surface area contributed by atoms with Gasteiger partial charge in [0.1, 0.15) is 5.82 Å². The first-order valence-electron chi connectivity index (χ1n) is 5.31. The van der Waals surface area contributed by atoms with Crippen LogP contribution in [0.3, 0.4) is 0 Å². The van der Waals surface area contributed by atoms with Crippen LogP contribution in [0.15, 0.2) is 6.20 Å². The van der Waals surface area contributed by atoms with Crippen LogP contribution in [0, 0.1) is 6.92 Å². The van der Waals surface area contributed by atoms with Gasteiger partial charge in [-0.2, -0.15) is 10.2 Å². The highest BCUT2D eigenvalue weighted by molar-refractivity contribution is 5.56. The van der Waals surface area contributed by atoms with E-state index in [1.807, 2.05) is 20.2 Å². The first-order chi connectivity index (χ1) is 7.38. The third-order valence-corrected chi connectivity index (χ3v) is 2.45. The molecule has 0 radical (unpaired) electrons. The Hall–Kier alpha value is -1.65. The fourth-order valence-corrected chi connectivity index (χ4v) is 1.54. The lowest BCUT2D eigenvalue weighted by Crippen LogP contribution is -2.13. The SMILES string of the molecule is Cc1nn(C)cc1-c1n[nH]c(C(C)(C)C)n1. The Kier molecular flexibility index (Phi) is 2.33. The van der Waals surface area contributed by atoms with Crippen LogP contribution in [-0.4, -0.2) is 25.0 Å². The number of nitrogens with zero attached hydrogens (tertiary/aromatic N) is 4. The Morgan fingerprint density at radius 2 is 2.00 bits per heavy atom. The van der Waals surface area contributed by atoms with E-state index in [0.29, 0.717) is 0 Å². The molecule has 0 aliphatic heterocycles. The van der Waals surface area contributed by atoms with Crippen molar-refractivity contribution in [3.05, 3.63) is 17.7 Å². The minimum absolute atomic E-state index is 0.0125. The number of hydrogen-bond acceptors (Lipinski definition) is 3. The minimum Gasteiger partial charge on any atom is -0.275 e. The fourth-order valence-electron chi connectivity index (χ4n) is 1.54. The molecule has 16 heavy (non-hydrogen) atoms. The van der Waals surface area contributed by atoms with E-state index < -0.39 is 0 Å². The van der Waals surface area contributed by atoms with E-state index in [4.69, 9.17) is 0 Å². The quantitative estimate of drug-likeness (QED) is 0.795. The first-order valence-corrected chi connectivity index (χ1v) is 5.31. The van der Waals surface area contributed by atoms with Crippen molar-refractivity contribution in [3.63, 3.8) is 0 Å². The smallest absolute Gasteiger partial charge is 0.184 e. The summed E-state index contributed by atoms with van der Waals surface area (Å²) in [5.41, 5.74) is 1.91. The molecular weight excluding hydrogens is 202 g/mol. The van der Waals surface area contributed by atoms with Gasteiger partial charge in [-0.1, -0.05) is 20.8 Å². The van der Waals surface area contributed by atoms with Crippen LogP contribution in [0.25, 0.3) is 11.4 Å². The molecule has 0 aromatic carbocycles. The summed E-state index contributed by atoms with van der Waals surface area (Å²) >= 11 is 0.